The van der Waals surface area contributed by atoms with Crippen LogP contribution in [-0.2, 0) is 4.74 Å². The molecule has 2 atom stereocenters. The third-order valence-electron chi connectivity index (χ3n) is 4.40. The molecule has 2 aromatic carbocycles. The molecule has 0 spiro atoms. The first-order chi connectivity index (χ1) is 12.7. The van der Waals surface area contributed by atoms with Gasteiger partial charge in [-0.25, -0.2) is 4.98 Å². The molecule has 1 aliphatic heterocycles. The predicted molar refractivity (Wildman–Crippen MR) is 95.1 cm³/mol. The minimum atomic E-state index is -0.975. The lowest BCUT2D eigenvalue weighted by atomic mass is 9.98. The lowest BCUT2D eigenvalue weighted by molar-refractivity contribution is 0.0976. The van der Waals surface area contributed by atoms with Gasteiger partial charge in [0, 0.05) is 12.0 Å². The van der Waals surface area contributed by atoms with Crippen LogP contribution >= 0.6 is 0 Å². The summed E-state index contributed by atoms with van der Waals surface area (Å²) in [6, 6.07) is 16.4. The van der Waals surface area contributed by atoms with E-state index < -0.39 is 5.92 Å². The van der Waals surface area contributed by atoms with Crippen LogP contribution in [0.1, 0.15) is 28.5 Å². The summed E-state index contributed by atoms with van der Waals surface area (Å²) < 4.78 is 11.1. The number of rotatable bonds is 5. The van der Waals surface area contributed by atoms with Gasteiger partial charge in [0.1, 0.15) is 17.7 Å². The van der Waals surface area contributed by atoms with Crippen molar-refractivity contribution in [3.05, 3.63) is 59.9 Å². The van der Waals surface area contributed by atoms with Crippen molar-refractivity contribution < 1.29 is 14.3 Å². The van der Waals surface area contributed by atoms with E-state index in [0.29, 0.717) is 30.4 Å². The van der Waals surface area contributed by atoms with Gasteiger partial charge in [0.2, 0.25) is 0 Å². The Balaban J connectivity index is 1.54. The summed E-state index contributed by atoms with van der Waals surface area (Å²) in [7, 11) is 0. The molecule has 0 amide bonds. The fourth-order valence-corrected chi connectivity index (χ4v) is 3.02. The maximum atomic E-state index is 12.8. The second-order valence-electron chi connectivity index (χ2n) is 6.19. The fourth-order valence-electron chi connectivity index (χ4n) is 3.02. The van der Waals surface area contributed by atoms with Gasteiger partial charge in [-0.3, -0.25) is 4.79 Å². The van der Waals surface area contributed by atoms with Gasteiger partial charge < -0.3 is 14.5 Å². The molecule has 6 nitrogen and oxygen atoms in total. The number of imidazole rings is 1. The second-order valence-corrected chi connectivity index (χ2v) is 6.19. The number of carbonyl (C=O) groups is 1. The Bertz CT molecular complexity index is 933. The first kappa shape index (κ1) is 16.3. The Morgan fingerprint density at radius 1 is 1.27 bits per heavy atom. The second kappa shape index (κ2) is 6.98. The molecule has 1 saturated heterocycles. The van der Waals surface area contributed by atoms with Gasteiger partial charge in [-0.1, -0.05) is 12.1 Å². The minimum Gasteiger partial charge on any atom is -0.488 e. The molecule has 130 valence electrons. The lowest BCUT2D eigenvalue weighted by Gasteiger charge is -2.12. The number of ketones is 1. The Labute approximate surface area is 150 Å². The molecule has 1 aliphatic rings. The fraction of sp³-hybridized carbons (Fsp3) is 0.250. The molecule has 0 aliphatic carbocycles. The van der Waals surface area contributed by atoms with Crippen molar-refractivity contribution in [1.82, 2.24) is 9.97 Å². The monoisotopic (exact) mass is 347 g/mol. The van der Waals surface area contributed by atoms with Crippen LogP contribution in [0.3, 0.4) is 0 Å². The first-order valence-electron chi connectivity index (χ1n) is 8.47. The molecule has 2 unspecified atom stereocenters. The molecule has 4 rings (SSSR count). The zero-order valence-corrected chi connectivity index (χ0v) is 14.0. The van der Waals surface area contributed by atoms with E-state index in [9.17, 15) is 10.1 Å². The SMILES string of the molecule is N#CC(C(=O)c1ccc(OC2CCOC2)cc1)c1nc2ccccc2[nH]1. The highest BCUT2D eigenvalue weighted by atomic mass is 16.5. The van der Waals surface area contributed by atoms with Crippen molar-refractivity contribution in [1.29, 1.82) is 5.26 Å². The van der Waals surface area contributed by atoms with E-state index >= 15 is 0 Å². The number of nitrogens with one attached hydrogen (secondary N) is 1. The topological polar surface area (TPSA) is 88.0 Å². The number of nitriles is 1. The zero-order chi connectivity index (χ0) is 17.9. The number of fused-ring (bicyclic) bond motifs is 1. The predicted octanol–water partition coefficient (Wildman–Crippen LogP) is 3.22. The number of aromatic amines is 1. The maximum Gasteiger partial charge on any atom is 0.187 e. The highest BCUT2D eigenvalue weighted by Crippen LogP contribution is 2.23. The molecular weight excluding hydrogens is 330 g/mol. The lowest BCUT2D eigenvalue weighted by Crippen LogP contribution is -2.16. The molecular formula is C20H17N3O3. The summed E-state index contributed by atoms with van der Waals surface area (Å²) in [6.07, 6.45) is 0.919. The van der Waals surface area contributed by atoms with E-state index in [2.05, 4.69) is 16.0 Å². The van der Waals surface area contributed by atoms with E-state index in [1.54, 1.807) is 24.3 Å². The Hall–Kier alpha value is -3.17. The van der Waals surface area contributed by atoms with E-state index in [4.69, 9.17) is 9.47 Å². The summed E-state index contributed by atoms with van der Waals surface area (Å²) in [6.45, 7) is 1.30. The highest BCUT2D eigenvalue weighted by Gasteiger charge is 2.25. The van der Waals surface area contributed by atoms with Crippen LogP contribution < -0.4 is 4.74 Å². The summed E-state index contributed by atoms with van der Waals surface area (Å²) in [5.41, 5.74) is 1.99. The molecule has 1 fully saturated rings. The van der Waals surface area contributed by atoms with Gasteiger partial charge in [0.15, 0.2) is 11.7 Å². The van der Waals surface area contributed by atoms with Gasteiger partial charge in [0.25, 0.3) is 0 Å². The van der Waals surface area contributed by atoms with Gasteiger partial charge in [-0.05, 0) is 36.4 Å². The van der Waals surface area contributed by atoms with Crippen LogP contribution in [0.15, 0.2) is 48.5 Å². The largest absolute Gasteiger partial charge is 0.488 e. The summed E-state index contributed by atoms with van der Waals surface area (Å²) in [4.78, 5) is 20.2. The number of hydrogen-bond acceptors (Lipinski definition) is 5. The third-order valence-corrected chi connectivity index (χ3v) is 4.40. The first-order valence-corrected chi connectivity index (χ1v) is 8.47. The number of hydrogen-bond donors (Lipinski definition) is 1. The van der Waals surface area contributed by atoms with Crippen LogP contribution in [-0.4, -0.2) is 35.1 Å². The van der Waals surface area contributed by atoms with Crippen LogP contribution in [0.2, 0.25) is 0 Å². The maximum absolute atomic E-state index is 12.8. The number of nitrogens with zero attached hydrogens (tertiary/aromatic N) is 2. The summed E-state index contributed by atoms with van der Waals surface area (Å²) in [5, 5.41) is 9.51. The van der Waals surface area contributed by atoms with Crippen LogP contribution in [0.25, 0.3) is 11.0 Å². The molecule has 3 aromatic rings. The number of Topliss-reactive ketones (excluding diaryl/α,β-unsaturated/α-hetero) is 1. The standard InChI is InChI=1S/C20H17N3O3/c21-11-16(20-22-17-3-1-2-4-18(17)23-20)19(24)13-5-7-14(8-6-13)26-15-9-10-25-12-15/h1-8,15-16H,9-10,12H2,(H,22,23). The van der Waals surface area contributed by atoms with Crippen molar-refractivity contribution in [3.63, 3.8) is 0 Å². The van der Waals surface area contributed by atoms with Crippen molar-refractivity contribution in [2.24, 2.45) is 0 Å². The number of aromatic nitrogens is 2. The molecule has 6 heteroatoms. The van der Waals surface area contributed by atoms with E-state index in [0.717, 1.165) is 17.5 Å². The third kappa shape index (κ3) is 3.17. The van der Waals surface area contributed by atoms with Crippen molar-refractivity contribution in [3.8, 4) is 11.8 Å². The summed E-state index contributed by atoms with van der Waals surface area (Å²) in [5.74, 6) is -0.212. The minimum absolute atomic E-state index is 0.0546. The number of H-pyrrole nitrogens is 1. The Morgan fingerprint density at radius 3 is 2.77 bits per heavy atom. The van der Waals surface area contributed by atoms with E-state index in [-0.39, 0.29) is 11.9 Å². The number of ether oxygens (including phenoxy) is 2. The molecule has 1 aromatic heterocycles. The smallest absolute Gasteiger partial charge is 0.187 e. The molecule has 0 radical (unpaired) electrons. The van der Waals surface area contributed by atoms with Crippen molar-refractivity contribution in [2.75, 3.05) is 13.2 Å². The Morgan fingerprint density at radius 2 is 2.08 bits per heavy atom. The average molecular weight is 347 g/mol. The molecule has 1 N–H and O–H groups in total. The van der Waals surface area contributed by atoms with Crippen LogP contribution in [0.4, 0.5) is 0 Å². The van der Waals surface area contributed by atoms with Crippen LogP contribution in [0, 0.1) is 11.3 Å². The summed E-state index contributed by atoms with van der Waals surface area (Å²) >= 11 is 0. The van der Waals surface area contributed by atoms with Crippen molar-refractivity contribution in [2.45, 2.75) is 18.4 Å². The number of para-hydroxylation sites is 2. The highest BCUT2D eigenvalue weighted by molar-refractivity contribution is 6.02. The molecule has 0 saturated carbocycles. The van der Waals surface area contributed by atoms with Crippen LogP contribution in [0.5, 0.6) is 5.75 Å². The van der Waals surface area contributed by atoms with Gasteiger partial charge in [-0.15, -0.1) is 0 Å². The Kier molecular flexibility index (Phi) is 4.38. The number of benzene rings is 2. The zero-order valence-electron chi connectivity index (χ0n) is 14.0. The molecule has 0 bridgehead atoms. The quantitative estimate of drug-likeness (QED) is 0.716. The van der Waals surface area contributed by atoms with Gasteiger partial charge in [-0.2, -0.15) is 5.26 Å². The molecule has 2 heterocycles. The van der Waals surface area contributed by atoms with E-state index in [1.807, 2.05) is 24.3 Å². The normalized spacial score (nSPS) is 17.7. The number of carbonyl (C=O) groups excluding carboxylic acids is 1. The van der Waals surface area contributed by atoms with E-state index in [1.165, 1.54) is 0 Å². The molecule has 26 heavy (non-hydrogen) atoms. The van der Waals surface area contributed by atoms with Gasteiger partial charge in [0.05, 0.1) is 30.3 Å². The van der Waals surface area contributed by atoms with Crippen molar-refractivity contribution >= 4 is 16.8 Å². The average Bonchev–Trinajstić information content (AvgIpc) is 3.32. The van der Waals surface area contributed by atoms with Gasteiger partial charge >= 0.3 is 0 Å².